The van der Waals surface area contributed by atoms with Gasteiger partial charge < -0.3 is 9.47 Å². The molecule has 0 saturated carbocycles. The van der Waals surface area contributed by atoms with Crippen molar-refractivity contribution in [2.75, 3.05) is 33.4 Å². The Hall–Kier alpha value is -2.16. The molecule has 1 fully saturated rings. The van der Waals surface area contributed by atoms with Gasteiger partial charge in [0.1, 0.15) is 13.2 Å². The van der Waals surface area contributed by atoms with Crippen LogP contribution in [0.4, 0.5) is 0 Å². The largest absolute Gasteiger partial charge is 0.486 e. The predicted octanol–water partition coefficient (Wildman–Crippen LogP) is 1.36. The van der Waals surface area contributed by atoms with Crippen LogP contribution in [0, 0.1) is 0 Å². The first-order chi connectivity index (χ1) is 12.5. The molecule has 26 heavy (non-hydrogen) atoms. The van der Waals surface area contributed by atoms with Crippen LogP contribution in [0.5, 0.6) is 11.5 Å². The van der Waals surface area contributed by atoms with E-state index in [-0.39, 0.29) is 10.9 Å². The zero-order chi connectivity index (χ0) is 18.1. The Morgan fingerprint density at radius 2 is 1.96 bits per heavy atom. The Kier molecular flexibility index (Phi) is 4.56. The molecule has 1 aromatic heterocycles. The van der Waals surface area contributed by atoms with Gasteiger partial charge in [-0.3, -0.25) is 9.88 Å². The summed E-state index contributed by atoms with van der Waals surface area (Å²) in [5.74, 6) is 1.08. The fourth-order valence-electron chi connectivity index (χ4n) is 3.13. The van der Waals surface area contributed by atoms with E-state index in [1.54, 1.807) is 24.4 Å². The average Bonchev–Trinajstić information content (AvgIpc) is 2.60. The smallest absolute Gasteiger partial charge is 0.243 e. The molecule has 1 aromatic carbocycles. The van der Waals surface area contributed by atoms with E-state index < -0.39 is 10.0 Å². The molecule has 0 amide bonds. The molecule has 0 radical (unpaired) electrons. The van der Waals surface area contributed by atoms with Crippen molar-refractivity contribution in [2.24, 2.45) is 0 Å². The Labute approximate surface area is 153 Å². The number of ether oxygens (including phenoxy) is 2. The monoisotopic (exact) mass is 375 g/mol. The number of rotatable bonds is 5. The molecule has 4 rings (SSSR count). The van der Waals surface area contributed by atoms with E-state index in [0.717, 1.165) is 12.1 Å². The summed E-state index contributed by atoms with van der Waals surface area (Å²) in [6, 6.07) is 8.91. The number of benzene rings is 1. The second-order valence-electron chi connectivity index (χ2n) is 6.56. The van der Waals surface area contributed by atoms with E-state index in [1.165, 1.54) is 4.31 Å². The van der Waals surface area contributed by atoms with Crippen LogP contribution in [0.25, 0.3) is 0 Å². The van der Waals surface area contributed by atoms with Gasteiger partial charge in [-0.1, -0.05) is 6.07 Å². The molecule has 1 saturated heterocycles. The van der Waals surface area contributed by atoms with Crippen LogP contribution in [0.3, 0.4) is 0 Å². The first-order valence-electron chi connectivity index (χ1n) is 8.53. The van der Waals surface area contributed by atoms with Crippen molar-refractivity contribution < 1.29 is 17.9 Å². The molecule has 0 spiro atoms. The summed E-state index contributed by atoms with van der Waals surface area (Å²) in [7, 11) is -1.51. The van der Waals surface area contributed by atoms with Crippen molar-refractivity contribution in [1.82, 2.24) is 14.2 Å². The lowest BCUT2D eigenvalue weighted by molar-refractivity contribution is 0.105. The number of sulfonamides is 1. The summed E-state index contributed by atoms with van der Waals surface area (Å²) >= 11 is 0. The van der Waals surface area contributed by atoms with Crippen LogP contribution in [-0.4, -0.2) is 62.0 Å². The minimum Gasteiger partial charge on any atom is -0.486 e. The summed E-state index contributed by atoms with van der Waals surface area (Å²) in [6.07, 6.45) is 3.58. The highest BCUT2D eigenvalue weighted by molar-refractivity contribution is 7.89. The fraction of sp³-hybridized carbons (Fsp3) is 0.389. The van der Waals surface area contributed by atoms with Crippen LogP contribution in [0.2, 0.25) is 0 Å². The first kappa shape index (κ1) is 17.3. The third-order valence-electron chi connectivity index (χ3n) is 4.76. The molecule has 2 aliphatic rings. The van der Waals surface area contributed by atoms with Crippen LogP contribution < -0.4 is 9.47 Å². The van der Waals surface area contributed by atoms with Crippen molar-refractivity contribution in [2.45, 2.75) is 17.5 Å². The van der Waals surface area contributed by atoms with Crippen LogP contribution in [0.15, 0.2) is 47.6 Å². The highest BCUT2D eigenvalue weighted by atomic mass is 32.2. The minimum atomic E-state index is -3.52. The molecule has 7 nitrogen and oxygen atoms in total. The molecule has 0 atom stereocenters. The molecule has 8 heteroatoms. The zero-order valence-electron chi connectivity index (χ0n) is 14.5. The number of fused-ring (bicyclic) bond motifs is 1. The maximum atomic E-state index is 12.8. The number of hydrogen-bond acceptors (Lipinski definition) is 6. The molecule has 2 aromatic rings. The Balaban J connectivity index is 1.41. The highest BCUT2D eigenvalue weighted by Crippen LogP contribution is 2.34. The molecule has 2 aliphatic heterocycles. The summed E-state index contributed by atoms with van der Waals surface area (Å²) in [5, 5.41) is 0. The number of hydrogen-bond donors (Lipinski definition) is 0. The van der Waals surface area contributed by atoms with Gasteiger partial charge in [-0.2, -0.15) is 4.31 Å². The second kappa shape index (κ2) is 6.86. The third kappa shape index (κ3) is 3.27. The van der Waals surface area contributed by atoms with Crippen molar-refractivity contribution in [3.8, 4) is 11.5 Å². The van der Waals surface area contributed by atoms with Gasteiger partial charge in [0.2, 0.25) is 10.0 Å². The molecular weight excluding hydrogens is 354 g/mol. The Morgan fingerprint density at radius 3 is 2.69 bits per heavy atom. The molecule has 0 unspecified atom stereocenters. The quantitative estimate of drug-likeness (QED) is 0.786. The van der Waals surface area contributed by atoms with Crippen LogP contribution in [0.1, 0.15) is 5.56 Å². The van der Waals surface area contributed by atoms with Gasteiger partial charge in [-0.05, 0) is 30.8 Å². The minimum absolute atomic E-state index is 0.196. The SMILES string of the molecule is CN(Cc1cccnc1)C1CN(S(=O)(=O)c2ccc3c(c2)OCCO3)C1. The average molecular weight is 375 g/mol. The normalized spacial score (nSPS) is 17.9. The van der Waals surface area contributed by atoms with E-state index in [2.05, 4.69) is 9.88 Å². The standard InChI is InChI=1S/C18H21N3O4S/c1-20(11-14-3-2-6-19-10-14)15-12-21(13-15)26(22,23)16-4-5-17-18(9-16)25-8-7-24-17/h2-6,9-10,15H,7-8,11-13H2,1H3. The highest BCUT2D eigenvalue weighted by Gasteiger charge is 2.39. The van der Waals surface area contributed by atoms with Crippen LogP contribution >= 0.6 is 0 Å². The Morgan fingerprint density at radius 1 is 1.19 bits per heavy atom. The van der Waals surface area contributed by atoms with Crippen molar-refractivity contribution in [3.05, 3.63) is 48.3 Å². The molecule has 0 aliphatic carbocycles. The van der Waals surface area contributed by atoms with E-state index in [1.807, 2.05) is 25.4 Å². The maximum Gasteiger partial charge on any atom is 0.243 e. The predicted molar refractivity (Wildman–Crippen MR) is 95.7 cm³/mol. The van der Waals surface area contributed by atoms with Gasteiger partial charge in [0.15, 0.2) is 11.5 Å². The van der Waals surface area contributed by atoms with E-state index in [9.17, 15) is 8.42 Å². The summed E-state index contributed by atoms with van der Waals surface area (Å²) in [6.45, 7) is 2.62. The Bertz CT molecular complexity index is 883. The lowest BCUT2D eigenvalue weighted by Gasteiger charge is -2.43. The number of nitrogens with zero attached hydrogens (tertiary/aromatic N) is 3. The van der Waals surface area contributed by atoms with Gasteiger partial charge in [0, 0.05) is 44.1 Å². The van der Waals surface area contributed by atoms with Gasteiger partial charge in [0.05, 0.1) is 4.90 Å². The second-order valence-corrected chi connectivity index (χ2v) is 8.50. The molecule has 0 N–H and O–H groups in total. The van der Waals surface area contributed by atoms with Gasteiger partial charge in [-0.25, -0.2) is 8.42 Å². The van der Waals surface area contributed by atoms with Gasteiger partial charge >= 0.3 is 0 Å². The van der Waals surface area contributed by atoms with E-state index in [0.29, 0.717) is 37.8 Å². The molecule has 3 heterocycles. The third-order valence-corrected chi connectivity index (χ3v) is 6.59. The van der Waals surface area contributed by atoms with Crippen LogP contribution in [-0.2, 0) is 16.6 Å². The molecule has 138 valence electrons. The van der Waals surface area contributed by atoms with E-state index in [4.69, 9.17) is 9.47 Å². The summed E-state index contributed by atoms with van der Waals surface area (Å²) in [5.41, 5.74) is 1.11. The topological polar surface area (TPSA) is 72.0 Å². The van der Waals surface area contributed by atoms with E-state index >= 15 is 0 Å². The van der Waals surface area contributed by atoms with Crippen molar-refractivity contribution >= 4 is 10.0 Å². The van der Waals surface area contributed by atoms with Gasteiger partial charge in [0.25, 0.3) is 0 Å². The number of pyridine rings is 1. The number of likely N-dealkylation sites (N-methyl/N-ethyl adjacent to an activating group) is 1. The molecular formula is C18H21N3O4S. The maximum absolute atomic E-state index is 12.8. The van der Waals surface area contributed by atoms with Gasteiger partial charge in [-0.15, -0.1) is 0 Å². The van der Waals surface area contributed by atoms with Crippen molar-refractivity contribution in [1.29, 1.82) is 0 Å². The summed E-state index contributed by atoms with van der Waals surface area (Å²) < 4.78 is 38.1. The lowest BCUT2D eigenvalue weighted by Crippen LogP contribution is -2.59. The summed E-state index contributed by atoms with van der Waals surface area (Å²) in [4.78, 5) is 6.52. The number of aromatic nitrogens is 1. The molecule has 0 bridgehead atoms. The zero-order valence-corrected chi connectivity index (χ0v) is 15.4. The first-order valence-corrected chi connectivity index (χ1v) is 9.97. The van der Waals surface area contributed by atoms with Crippen molar-refractivity contribution in [3.63, 3.8) is 0 Å². The fourth-order valence-corrected chi connectivity index (χ4v) is 4.66. The lowest BCUT2D eigenvalue weighted by atomic mass is 10.1.